The molecule has 0 aliphatic heterocycles. The normalized spacial score (nSPS) is 11.3. The molecule has 2 rings (SSSR count). The fourth-order valence-corrected chi connectivity index (χ4v) is 1.77. The van der Waals surface area contributed by atoms with Gasteiger partial charge in [0, 0.05) is 26.0 Å². The maximum atomic E-state index is 12.2. The van der Waals surface area contributed by atoms with Gasteiger partial charge >= 0.3 is 6.36 Å². The first-order valence-corrected chi connectivity index (χ1v) is 6.18. The Hall–Kier alpha value is -2.31. The lowest BCUT2D eigenvalue weighted by atomic mass is 10.2. The molecule has 21 heavy (non-hydrogen) atoms. The Balaban J connectivity index is 2.08. The molecule has 7 heteroatoms. The van der Waals surface area contributed by atoms with Crippen LogP contribution < -0.4 is 9.64 Å². The van der Waals surface area contributed by atoms with E-state index in [2.05, 4.69) is 14.7 Å². The van der Waals surface area contributed by atoms with Gasteiger partial charge in [0.1, 0.15) is 5.75 Å². The number of aromatic nitrogens is 2. The van der Waals surface area contributed by atoms with Crippen LogP contribution in [0.15, 0.2) is 36.7 Å². The van der Waals surface area contributed by atoms with E-state index in [-0.39, 0.29) is 5.75 Å². The van der Waals surface area contributed by atoms with Gasteiger partial charge in [0.25, 0.3) is 0 Å². The van der Waals surface area contributed by atoms with Crippen molar-refractivity contribution in [2.24, 2.45) is 0 Å². The van der Waals surface area contributed by atoms with E-state index in [1.165, 1.54) is 18.2 Å². The second-order valence-electron chi connectivity index (χ2n) is 4.61. The Morgan fingerprint density at radius 1 is 1.19 bits per heavy atom. The molecule has 1 heterocycles. The molecule has 1 aromatic carbocycles. The minimum Gasteiger partial charge on any atom is -0.406 e. The zero-order valence-corrected chi connectivity index (χ0v) is 11.6. The lowest BCUT2D eigenvalue weighted by molar-refractivity contribution is -0.274. The average molecular weight is 297 g/mol. The maximum Gasteiger partial charge on any atom is 0.573 e. The van der Waals surface area contributed by atoms with Gasteiger partial charge in [-0.25, -0.2) is 9.97 Å². The van der Waals surface area contributed by atoms with Crippen molar-refractivity contribution in [1.29, 1.82) is 0 Å². The van der Waals surface area contributed by atoms with Gasteiger partial charge in [-0.1, -0.05) is 12.1 Å². The van der Waals surface area contributed by atoms with Crippen LogP contribution in [-0.4, -0.2) is 23.4 Å². The van der Waals surface area contributed by atoms with E-state index in [4.69, 9.17) is 0 Å². The quantitative estimate of drug-likeness (QED) is 0.867. The summed E-state index contributed by atoms with van der Waals surface area (Å²) >= 11 is 0. The Labute approximate surface area is 120 Å². The summed E-state index contributed by atoms with van der Waals surface area (Å²) in [5.41, 5.74) is 1.61. The lowest BCUT2D eigenvalue weighted by Crippen LogP contribution is -2.20. The fraction of sp³-hybridized carbons (Fsp3) is 0.286. The number of anilines is 1. The van der Waals surface area contributed by atoms with Gasteiger partial charge < -0.3 is 9.64 Å². The summed E-state index contributed by atoms with van der Waals surface area (Å²) in [7, 11) is 1.77. The molecule has 0 bridgehead atoms. The monoisotopic (exact) mass is 297 g/mol. The number of alkyl halides is 3. The zero-order chi connectivity index (χ0) is 15.5. The third-order valence-corrected chi connectivity index (χ3v) is 2.66. The Morgan fingerprint density at radius 2 is 1.86 bits per heavy atom. The minimum absolute atomic E-state index is 0.238. The summed E-state index contributed by atoms with van der Waals surface area (Å²) < 4.78 is 40.5. The molecule has 0 fully saturated rings. The van der Waals surface area contributed by atoms with Crippen LogP contribution in [0.25, 0.3) is 0 Å². The van der Waals surface area contributed by atoms with Crippen molar-refractivity contribution < 1.29 is 17.9 Å². The predicted octanol–water partition coefficient (Wildman–Crippen LogP) is 3.32. The SMILES string of the molecule is Cc1cnc(N(C)Cc2cccc(OC(F)(F)F)c2)nc1. The minimum atomic E-state index is -4.69. The van der Waals surface area contributed by atoms with Crippen LogP contribution in [0.1, 0.15) is 11.1 Å². The van der Waals surface area contributed by atoms with E-state index in [0.717, 1.165) is 5.56 Å². The molecule has 4 nitrogen and oxygen atoms in total. The van der Waals surface area contributed by atoms with Crippen molar-refractivity contribution >= 4 is 5.95 Å². The number of aryl methyl sites for hydroxylation is 1. The Bertz CT molecular complexity index is 599. The molecule has 0 unspecified atom stereocenters. The number of nitrogens with zero attached hydrogens (tertiary/aromatic N) is 3. The molecule has 0 amide bonds. The Morgan fingerprint density at radius 3 is 2.48 bits per heavy atom. The number of ether oxygens (including phenoxy) is 1. The van der Waals surface area contributed by atoms with Gasteiger partial charge in [0.05, 0.1) is 0 Å². The summed E-state index contributed by atoms with van der Waals surface area (Å²) in [6.07, 6.45) is -1.32. The molecule has 0 saturated heterocycles. The number of hydrogen-bond donors (Lipinski definition) is 0. The summed E-state index contributed by atoms with van der Waals surface area (Å²) in [5, 5.41) is 0. The van der Waals surface area contributed by atoms with Crippen LogP contribution in [0.5, 0.6) is 5.75 Å². The number of rotatable bonds is 4. The molecular weight excluding hydrogens is 283 g/mol. The highest BCUT2D eigenvalue weighted by molar-refractivity contribution is 5.34. The lowest BCUT2D eigenvalue weighted by Gasteiger charge is -2.17. The Kier molecular flexibility index (Phi) is 4.30. The van der Waals surface area contributed by atoms with Crippen LogP contribution in [0.3, 0.4) is 0 Å². The van der Waals surface area contributed by atoms with E-state index in [0.29, 0.717) is 18.1 Å². The van der Waals surface area contributed by atoms with Crippen molar-refractivity contribution in [3.8, 4) is 5.75 Å². The first kappa shape index (κ1) is 15.1. The van der Waals surface area contributed by atoms with Crippen LogP contribution in [0, 0.1) is 6.92 Å². The van der Waals surface area contributed by atoms with Crippen molar-refractivity contribution in [2.75, 3.05) is 11.9 Å². The molecule has 2 aromatic rings. The van der Waals surface area contributed by atoms with E-state index in [1.807, 2.05) is 6.92 Å². The number of hydrogen-bond acceptors (Lipinski definition) is 4. The highest BCUT2D eigenvalue weighted by Gasteiger charge is 2.31. The second kappa shape index (κ2) is 5.99. The number of halogens is 3. The van der Waals surface area contributed by atoms with E-state index in [1.54, 1.807) is 30.4 Å². The first-order valence-electron chi connectivity index (χ1n) is 6.18. The van der Waals surface area contributed by atoms with Gasteiger partial charge in [-0.3, -0.25) is 0 Å². The van der Waals surface area contributed by atoms with E-state index >= 15 is 0 Å². The average Bonchev–Trinajstić information content (AvgIpc) is 2.37. The van der Waals surface area contributed by atoms with Crippen LogP contribution in [0.2, 0.25) is 0 Å². The zero-order valence-electron chi connectivity index (χ0n) is 11.6. The molecule has 0 N–H and O–H groups in total. The van der Waals surface area contributed by atoms with Crippen molar-refractivity contribution in [1.82, 2.24) is 9.97 Å². The molecule has 112 valence electrons. The van der Waals surface area contributed by atoms with Crippen LogP contribution >= 0.6 is 0 Å². The maximum absolute atomic E-state index is 12.2. The molecule has 0 radical (unpaired) electrons. The topological polar surface area (TPSA) is 38.2 Å². The summed E-state index contributed by atoms with van der Waals surface area (Å²) in [4.78, 5) is 10.1. The standard InChI is InChI=1S/C14H14F3N3O/c1-10-7-18-13(19-8-10)20(2)9-11-4-3-5-12(6-11)21-14(15,16)17/h3-8H,9H2,1-2H3. The smallest absolute Gasteiger partial charge is 0.406 e. The van der Waals surface area contributed by atoms with Gasteiger partial charge in [-0.15, -0.1) is 13.2 Å². The van der Waals surface area contributed by atoms with E-state index in [9.17, 15) is 13.2 Å². The summed E-state index contributed by atoms with van der Waals surface area (Å²) in [6.45, 7) is 2.25. The highest BCUT2D eigenvalue weighted by Crippen LogP contribution is 2.24. The molecule has 0 spiro atoms. The molecule has 0 aliphatic carbocycles. The molecule has 1 aromatic heterocycles. The molecule has 0 aliphatic rings. The van der Waals surface area contributed by atoms with Crippen molar-refractivity contribution in [3.63, 3.8) is 0 Å². The first-order chi connectivity index (χ1) is 9.83. The largest absolute Gasteiger partial charge is 0.573 e. The highest BCUT2D eigenvalue weighted by atomic mass is 19.4. The number of benzene rings is 1. The molecular formula is C14H14F3N3O. The summed E-state index contributed by atoms with van der Waals surface area (Å²) in [5.74, 6) is 0.265. The molecule has 0 atom stereocenters. The van der Waals surface area contributed by atoms with E-state index < -0.39 is 6.36 Å². The van der Waals surface area contributed by atoms with Gasteiger partial charge in [-0.2, -0.15) is 0 Å². The third-order valence-electron chi connectivity index (χ3n) is 2.66. The van der Waals surface area contributed by atoms with Gasteiger partial charge in [0.15, 0.2) is 0 Å². The van der Waals surface area contributed by atoms with Crippen molar-refractivity contribution in [2.45, 2.75) is 19.8 Å². The second-order valence-corrected chi connectivity index (χ2v) is 4.61. The van der Waals surface area contributed by atoms with Gasteiger partial charge in [-0.05, 0) is 30.2 Å². The fourth-order valence-electron chi connectivity index (χ4n) is 1.77. The third kappa shape index (κ3) is 4.62. The van der Waals surface area contributed by atoms with Crippen LogP contribution in [-0.2, 0) is 6.54 Å². The predicted molar refractivity (Wildman–Crippen MR) is 72.0 cm³/mol. The summed E-state index contributed by atoms with van der Waals surface area (Å²) in [6, 6.07) is 5.84. The van der Waals surface area contributed by atoms with Crippen molar-refractivity contribution in [3.05, 3.63) is 47.8 Å². The van der Waals surface area contributed by atoms with Crippen LogP contribution in [0.4, 0.5) is 19.1 Å². The molecule has 0 saturated carbocycles. The van der Waals surface area contributed by atoms with Gasteiger partial charge in [0.2, 0.25) is 5.95 Å².